The highest BCUT2D eigenvalue weighted by Crippen LogP contribution is 2.28. The van der Waals surface area contributed by atoms with Gasteiger partial charge in [-0.15, -0.1) is 0 Å². The first kappa shape index (κ1) is 59.4. The third kappa shape index (κ3) is 16.9. The van der Waals surface area contributed by atoms with Crippen LogP contribution in [-0.4, -0.2) is 137 Å². The molecule has 2 aromatic carbocycles. The number of nitrogens with zero attached hydrogens (tertiary/aromatic N) is 5. The van der Waals surface area contributed by atoms with Crippen molar-refractivity contribution in [2.45, 2.75) is 147 Å². The largest absolute Gasteiger partial charge is 0.451 e. The Morgan fingerprint density at radius 2 is 1.25 bits per heavy atom. The van der Waals surface area contributed by atoms with Crippen molar-refractivity contribution in [1.82, 2.24) is 35.2 Å². The Balaban J connectivity index is 1.95. The Morgan fingerprint density at radius 3 is 1.84 bits per heavy atom. The van der Waals surface area contributed by atoms with Crippen LogP contribution in [0.15, 0.2) is 59.2 Å². The highest BCUT2D eigenvalue weighted by Gasteiger charge is 2.44. The Kier molecular flexibility index (Phi) is 20.9. The fraction of sp³-hybridized carbons (Fsp3) is 0.560. The first-order chi connectivity index (χ1) is 34.0. The second kappa shape index (κ2) is 25.7. The van der Waals surface area contributed by atoms with Crippen LogP contribution in [0.5, 0.6) is 0 Å². The van der Waals surface area contributed by atoms with Crippen LogP contribution in [0.25, 0.3) is 10.9 Å². The van der Waals surface area contributed by atoms with Gasteiger partial charge in [0, 0.05) is 74.9 Å². The van der Waals surface area contributed by atoms with Crippen LogP contribution in [0, 0.1) is 23.2 Å². The number of nitrogens with one attached hydrogen (secondary N) is 3. The van der Waals surface area contributed by atoms with E-state index in [9.17, 15) is 65.2 Å². The summed E-state index contributed by atoms with van der Waals surface area (Å²) in [4.78, 5) is 103. The molecule has 1 aliphatic rings. The molecule has 0 spiro atoms. The van der Waals surface area contributed by atoms with E-state index in [1.165, 1.54) is 7.05 Å². The van der Waals surface area contributed by atoms with Crippen LogP contribution < -0.4 is 16.0 Å². The molecule has 3 N–H and O–H groups in total. The highest BCUT2D eigenvalue weighted by molar-refractivity contribution is 9.10. The molecule has 6 amide bonds. The van der Waals surface area contributed by atoms with Gasteiger partial charge >= 0.3 is 18.3 Å². The summed E-state index contributed by atoms with van der Waals surface area (Å²) >= 11 is 3.43. The van der Waals surface area contributed by atoms with Crippen molar-refractivity contribution in [2.75, 3.05) is 21.1 Å². The molecule has 1 aliphatic heterocycles. The number of ether oxygens (including phenoxy) is 1. The van der Waals surface area contributed by atoms with Crippen LogP contribution in [-0.2, 0) is 51.3 Å². The molecule has 0 bridgehead atoms. The number of para-hydroxylation sites is 1. The molecule has 0 radical (unpaired) electrons. The number of cyclic esters (lactones) is 1. The number of hydrogen-bond donors (Lipinski definition) is 3. The molecule has 2 heterocycles. The monoisotopic (exact) mass is 1100 g/mol. The summed E-state index contributed by atoms with van der Waals surface area (Å²) in [5.74, 6) is -9.11. The molecule has 1 fully saturated rings. The fourth-order valence-electron chi connectivity index (χ4n) is 8.47. The predicted octanol–water partition coefficient (Wildman–Crippen LogP) is 6.57. The van der Waals surface area contributed by atoms with Gasteiger partial charge in [0.25, 0.3) is 5.91 Å². The minimum absolute atomic E-state index is 0.0813. The van der Waals surface area contributed by atoms with Gasteiger partial charge in [-0.1, -0.05) is 74.0 Å². The van der Waals surface area contributed by atoms with E-state index < -0.39 is 128 Å². The summed E-state index contributed by atoms with van der Waals surface area (Å²) in [5, 5.41) is 17.0. The van der Waals surface area contributed by atoms with Gasteiger partial charge in [-0.3, -0.25) is 28.8 Å². The number of carbonyl (C=O) groups excluding carboxylic acids is 7. The fourth-order valence-corrected chi connectivity index (χ4v) is 8.73. The van der Waals surface area contributed by atoms with Crippen molar-refractivity contribution >= 4 is 68.2 Å². The quantitative estimate of drug-likeness (QED) is 0.125. The Morgan fingerprint density at radius 1 is 0.699 bits per heavy atom. The molecule has 1 aromatic heterocycles. The highest BCUT2D eigenvalue weighted by atomic mass is 79.9. The zero-order chi connectivity index (χ0) is 54.7. The number of aromatic nitrogens is 1. The van der Waals surface area contributed by atoms with Crippen molar-refractivity contribution in [2.24, 2.45) is 11.8 Å². The van der Waals surface area contributed by atoms with E-state index in [1.54, 1.807) is 58.2 Å². The molecule has 3 aromatic rings. The number of likely N-dealkylation sites (N-methyl/N-ethyl adjacent to an activating group) is 3. The molecule has 400 valence electrons. The molecule has 0 saturated carbocycles. The van der Waals surface area contributed by atoms with Gasteiger partial charge in [0.2, 0.25) is 29.5 Å². The number of rotatable bonds is 13. The van der Waals surface area contributed by atoms with Crippen LogP contribution in [0.1, 0.15) is 90.7 Å². The molecular weight excluding hydrogens is 1030 g/mol. The number of benzene rings is 2. The summed E-state index contributed by atoms with van der Waals surface area (Å²) in [6.45, 7) is 8.23. The Labute approximate surface area is 428 Å². The average molecular weight is 1100 g/mol. The van der Waals surface area contributed by atoms with E-state index in [0.717, 1.165) is 46.4 Å². The normalized spacial score (nSPS) is 23.0. The third-order valence-electron chi connectivity index (χ3n) is 12.5. The Bertz CT molecular complexity index is 2490. The number of esters is 1. The van der Waals surface area contributed by atoms with Gasteiger partial charge in [0.15, 0.2) is 6.10 Å². The van der Waals surface area contributed by atoms with Gasteiger partial charge in [-0.05, 0) is 67.3 Å². The second-order valence-electron chi connectivity index (χ2n) is 19.2. The maximum atomic E-state index is 15.0. The lowest BCUT2D eigenvalue weighted by molar-refractivity contribution is -0.166. The number of halogens is 7. The van der Waals surface area contributed by atoms with Gasteiger partial charge in [0.1, 0.15) is 36.3 Å². The molecule has 73 heavy (non-hydrogen) atoms. The van der Waals surface area contributed by atoms with Gasteiger partial charge in [-0.25, -0.2) is 4.79 Å². The number of amides is 6. The van der Waals surface area contributed by atoms with Crippen molar-refractivity contribution < 1.29 is 64.6 Å². The summed E-state index contributed by atoms with van der Waals surface area (Å²) in [5.41, 5.74) is 2.13. The standard InChI is InChI=1S/C50H63BrF6N8O8/c1-28(2)22-36-46(70)64(8)40(24-32-27-65(38-13-10-9-12-34(32)38)26-31-15-17-33(51)18-16-31)43(67)59-35(19-20-49(52,53)54)45(69)62(6)30(5)48(72)73-41(14-11-21-58)44(68)61-37(25-50(55,56)57)47(71)63(7)39(23-29(3)4)42(66)60-36/h9-10,12-13,15-18,27-30,35-37,39-41H,11,14,19-20,22-26H2,1-8H3,(H,59,67)(H,60,66)(H,61,68)/t30-,35-,36-,37?,39-,40-,41+/m0/s1. The molecule has 1 saturated heterocycles. The molecule has 16 nitrogen and oxygen atoms in total. The van der Waals surface area contributed by atoms with E-state index in [-0.39, 0.29) is 31.1 Å². The number of fused-ring (bicyclic) bond motifs is 1. The number of carbonyl (C=O) groups is 7. The van der Waals surface area contributed by atoms with Crippen LogP contribution in [0.3, 0.4) is 0 Å². The summed E-state index contributed by atoms with van der Waals surface area (Å²) in [6.07, 6.45) is -16.4. The smallest absolute Gasteiger partial charge is 0.391 e. The van der Waals surface area contributed by atoms with Gasteiger partial charge in [0.05, 0.1) is 12.5 Å². The number of hydrogen-bond acceptors (Lipinski definition) is 9. The Hall–Kier alpha value is -6.18. The van der Waals surface area contributed by atoms with E-state index in [2.05, 4.69) is 26.6 Å². The minimum Gasteiger partial charge on any atom is -0.451 e. The first-order valence-electron chi connectivity index (χ1n) is 23.7. The van der Waals surface area contributed by atoms with E-state index in [0.29, 0.717) is 22.4 Å². The second-order valence-corrected chi connectivity index (χ2v) is 20.1. The summed E-state index contributed by atoms with van der Waals surface area (Å²) in [6, 6.07) is 5.64. The van der Waals surface area contributed by atoms with Crippen molar-refractivity contribution in [1.29, 1.82) is 5.26 Å². The van der Waals surface area contributed by atoms with Gasteiger partial charge < -0.3 is 40.0 Å². The minimum atomic E-state index is -5.09. The predicted molar refractivity (Wildman–Crippen MR) is 260 cm³/mol. The number of alkyl halides is 6. The SMILES string of the molecule is CC(C)C[C@@H]1NC(=O)[C@H](CC(C)C)N(C)C(=O)C(CC(F)(F)F)NC(=O)[C@@H](CCC#N)OC(=O)[C@H](C)N(C)C(=O)[C@H](CCC(F)(F)F)NC(=O)[C@H](Cc2cn(Cc3ccc(Br)cc3)c3ccccc23)N(C)C1=O. The maximum absolute atomic E-state index is 15.0. The lowest BCUT2D eigenvalue weighted by atomic mass is 9.97. The molecular formula is C50H63BrF6N8O8. The average Bonchev–Trinajstić information content (AvgIpc) is 3.65. The zero-order valence-electron chi connectivity index (χ0n) is 41.9. The van der Waals surface area contributed by atoms with Crippen molar-refractivity contribution in [3.63, 3.8) is 0 Å². The first-order valence-corrected chi connectivity index (χ1v) is 24.5. The molecule has 1 unspecified atom stereocenters. The summed E-state index contributed by atoms with van der Waals surface area (Å²) < 4.78 is 92.5. The maximum Gasteiger partial charge on any atom is 0.391 e. The van der Waals surface area contributed by atoms with Crippen LogP contribution in [0.4, 0.5) is 26.3 Å². The lowest BCUT2D eigenvalue weighted by Gasteiger charge is -2.35. The molecule has 0 aliphatic carbocycles. The van der Waals surface area contributed by atoms with Crippen molar-refractivity contribution in [3.05, 3.63) is 70.3 Å². The molecule has 23 heteroatoms. The zero-order valence-corrected chi connectivity index (χ0v) is 43.5. The van der Waals surface area contributed by atoms with Crippen molar-refractivity contribution in [3.8, 4) is 6.07 Å². The van der Waals surface area contributed by atoms with E-state index in [1.807, 2.05) is 40.2 Å². The topological polar surface area (TPSA) is 203 Å². The summed E-state index contributed by atoms with van der Waals surface area (Å²) in [7, 11) is 3.30. The number of nitriles is 1. The van der Waals surface area contributed by atoms with E-state index >= 15 is 0 Å². The third-order valence-corrected chi connectivity index (χ3v) is 13.1. The molecule has 4 rings (SSSR count). The van der Waals surface area contributed by atoms with Crippen LogP contribution >= 0.6 is 15.9 Å². The lowest BCUT2D eigenvalue weighted by Crippen LogP contribution is -2.60. The van der Waals surface area contributed by atoms with Crippen LogP contribution in [0.2, 0.25) is 0 Å². The van der Waals surface area contributed by atoms with E-state index in [4.69, 9.17) is 4.74 Å². The van der Waals surface area contributed by atoms with Gasteiger partial charge in [-0.2, -0.15) is 31.6 Å². The molecule has 7 atom stereocenters.